The van der Waals surface area contributed by atoms with Crippen molar-refractivity contribution in [2.24, 2.45) is 0 Å². The Morgan fingerprint density at radius 2 is 1.66 bits per heavy atom. The SMILES string of the molecule is O=C(CSc1nc2ccccc2o1)Nc1ccc(N2CCN(C(=O)c3ccccc3Br)CC2)cc1. The molecular formula is C26H23BrN4O3S. The van der Waals surface area contributed by atoms with Gasteiger partial charge in [-0.05, 0) is 64.5 Å². The number of aromatic nitrogens is 1. The van der Waals surface area contributed by atoms with Crippen LogP contribution in [0.2, 0.25) is 0 Å². The molecule has 0 unspecified atom stereocenters. The first-order valence-electron chi connectivity index (χ1n) is 11.2. The second kappa shape index (κ2) is 10.5. The summed E-state index contributed by atoms with van der Waals surface area (Å²) >= 11 is 4.74. The van der Waals surface area contributed by atoms with Crippen LogP contribution in [0.3, 0.4) is 0 Å². The van der Waals surface area contributed by atoms with E-state index >= 15 is 0 Å². The zero-order chi connectivity index (χ0) is 24.2. The second-order valence-electron chi connectivity index (χ2n) is 8.09. The van der Waals surface area contributed by atoms with Crippen molar-refractivity contribution >= 4 is 62.0 Å². The summed E-state index contributed by atoms with van der Waals surface area (Å²) in [6.07, 6.45) is 0. The molecule has 0 atom stereocenters. The van der Waals surface area contributed by atoms with Gasteiger partial charge in [-0.15, -0.1) is 0 Å². The van der Waals surface area contributed by atoms with Gasteiger partial charge in [0, 0.05) is 42.0 Å². The third-order valence-electron chi connectivity index (χ3n) is 5.79. The Morgan fingerprint density at radius 1 is 0.943 bits per heavy atom. The Labute approximate surface area is 215 Å². The van der Waals surface area contributed by atoms with Gasteiger partial charge in [-0.25, -0.2) is 4.98 Å². The minimum atomic E-state index is -0.121. The number of hydrogen-bond donors (Lipinski definition) is 1. The lowest BCUT2D eigenvalue weighted by molar-refractivity contribution is -0.113. The lowest BCUT2D eigenvalue weighted by atomic mass is 10.1. The van der Waals surface area contributed by atoms with E-state index in [-0.39, 0.29) is 17.6 Å². The number of fused-ring (bicyclic) bond motifs is 1. The molecule has 1 aliphatic heterocycles. The molecule has 1 saturated heterocycles. The van der Waals surface area contributed by atoms with Crippen LogP contribution >= 0.6 is 27.7 Å². The third kappa shape index (κ3) is 5.52. The van der Waals surface area contributed by atoms with E-state index in [1.54, 1.807) is 0 Å². The van der Waals surface area contributed by atoms with E-state index in [0.29, 0.717) is 29.5 Å². The van der Waals surface area contributed by atoms with Crippen molar-refractivity contribution in [3.8, 4) is 0 Å². The van der Waals surface area contributed by atoms with Crippen LogP contribution in [-0.2, 0) is 4.79 Å². The monoisotopic (exact) mass is 550 g/mol. The maximum Gasteiger partial charge on any atom is 0.257 e. The molecular weight excluding hydrogens is 528 g/mol. The first-order valence-corrected chi connectivity index (χ1v) is 13.0. The molecule has 1 aromatic heterocycles. The average Bonchev–Trinajstić information content (AvgIpc) is 3.31. The summed E-state index contributed by atoms with van der Waals surface area (Å²) in [5.41, 5.74) is 3.99. The number of hydrogen-bond acceptors (Lipinski definition) is 6. The number of carbonyl (C=O) groups excluding carboxylic acids is 2. The Hall–Kier alpha value is -3.30. The lowest BCUT2D eigenvalue weighted by Gasteiger charge is -2.36. The average molecular weight is 551 g/mol. The Balaban J connectivity index is 1.11. The molecule has 3 aromatic carbocycles. The van der Waals surface area contributed by atoms with Gasteiger partial charge in [0.25, 0.3) is 11.1 Å². The Kier molecular flexibility index (Phi) is 7.06. The highest BCUT2D eigenvalue weighted by molar-refractivity contribution is 9.10. The molecule has 7 nitrogen and oxygen atoms in total. The van der Waals surface area contributed by atoms with Crippen molar-refractivity contribution in [1.29, 1.82) is 0 Å². The number of oxazole rings is 1. The largest absolute Gasteiger partial charge is 0.431 e. The van der Waals surface area contributed by atoms with Gasteiger partial charge in [0.1, 0.15) is 5.52 Å². The van der Waals surface area contributed by atoms with Crippen LogP contribution in [0.15, 0.2) is 86.9 Å². The molecule has 5 rings (SSSR count). The molecule has 0 bridgehead atoms. The van der Waals surface area contributed by atoms with E-state index in [9.17, 15) is 9.59 Å². The van der Waals surface area contributed by atoms with E-state index in [4.69, 9.17) is 4.42 Å². The van der Waals surface area contributed by atoms with Crippen molar-refractivity contribution < 1.29 is 14.0 Å². The minimum absolute atomic E-state index is 0.0471. The number of amides is 2. The quantitative estimate of drug-likeness (QED) is 0.329. The fourth-order valence-corrected chi connectivity index (χ4v) is 5.06. The molecule has 1 fully saturated rings. The predicted octanol–water partition coefficient (Wildman–Crippen LogP) is 5.28. The van der Waals surface area contributed by atoms with E-state index in [1.807, 2.05) is 77.7 Å². The van der Waals surface area contributed by atoms with E-state index in [1.165, 1.54) is 11.8 Å². The van der Waals surface area contributed by atoms with Crippen molar-refractivity contribution in [3.63, 3.8) is 0 Å². The highest BCUT2D eigenvalue weighted by Gasteiger charge is 2.23. The summed E-state index contributed by atoms with van der Waals surface area (Å²) in [7, 11) is 0. The van der Waals surface area contributed by atoms with Gasteiger partial charge in [-0.2, -0.15) is 0 Å². The van der Waals surface area contributed by atoms with Gasteiger partial charge in [0.05, 0.1) is 11.3 Å². The smallest absolute Gasteiger partial charge is 0.257 e. The summed E-state index contributed by atoms with van der Waals surface area (Å²) in [4.78, 5) is 33.7. The topological polar surface area (TPSA) is 78.7 Å². The van der Waals surface area contributed by atoms with Gasteiger partial charge in [-0.1, -0.05) is 36.0 Å². The fraction of sp³-hybridized carbons (Fsp3) is 0.192. The molecule has 1 N–H and O–H groups in total. The highest BCUT2D eigenvalue weighted by Crippen LogP contribution is 2.25. The molecule has 1 aliphatic rings. The molecule has 9 heteroatoms. The van der Waals surface area contributed by atoms with E-state index in [0.717, 1.165) is 34.5 Å². The molecule has 2 amide bonds. The van der Waals surface area contributed by atoms with Gasteiger partial charge in [0.2, 0.25) is 5.91 Å². The van der Waals surface area contributed by atoms with Crippen LogP contribution in [0.25, 0.3) is 11.1 Å². The van der Waals surface area contributed by atoms with Crippen LogP contribution < -0.4 is 10.2 Å². The number of rotatable bonds is 6. The number of carbonyl (C=O) groups is 2. The zero-order valence-corrected chi connectivity index (χ0v) is 21.2. The molecule has 4 aromatic rings. The lowest BCUT2D eigenvalue weighted by Crippen LogP contribution is -2.48. The third-order valence-corrected chi connectivity index (χ3v) is 7.31. The summed E-state index contributed by atoms with van der Waals surface area (Å²) in [6.45, 7) is 2.82. The minimum Gasteiger partial charge on any atom is -0.431 e. The first kappa shape index (κ1) is 23.4. The maximum atomic E-state index is 12.8. The van der Waals surface area contributed by atoms with Crippen LogP contribution in [0.5, 0.6) is 0 Å². The standard InChI is InChI=1S/C26H23BrN4O3S/c27-21-6-2-1-5-20(21)25(33)31-15-13-30(14-16-31)19-11-9-18(10-12-19)28-24(32)17-35-26-29-22-7-3-4-8-23(22)34-26/h1-12H,13-17H2,(H,28,32). The number of para-hydroxylation sites is 2. The van der Waals surface area contributed by atoms with Crippen molar-refractivity contribution in [3.05, 3.63) is 82.8 Å². The molecule has 2 heterocycles. The van der Waals surface area contributed by atoms with Crippen molar-refractivity contribution in [2.45, 2.75) is 5.22 Å². The number of piperazine rings is 1. The Bertz CT molecular complexity index is 1320. The second-order valence-corrected chi connectivity index (χ2v) is 9.87. The number of halogens is 1. The zero-order valence-electron chi connectivity index (χ0n) is 18.8. The molecule has 178 valence electrons. The molecule has 0 spiro atoms. The van der Waals surface area contributed by atoms with Crippen LogP contribution in [-0.4, -0.2) is 53.6 Å². The number of nitrogens with zero attached hydrogens (tertiary/aromatic N) is 3. The molecule has 35 heavy (non-hydrogen) atoms. The van der Waals surface area contributed by atoms with Crippen molar-refractivity contribution in [1.82, 2.24) is 9.88 Å². The van der Waals surface area contributed by atoms with E-state index < -0.39 is 0 Å². The molecule has 0 saturated carbocycles. The predicted molar refractivity (Wildman–Crippen MR) is 142 cm³/mol. The first-order chi connectivity index (χ1) is 17.1. The van der Waals surface area contributed by atoms with Gasteiger partial charge < -0.3 is 19.5 Å². The van der Waals surface area contributed by atoms with Crippen LogP contribution in [0.4, 0.5) is 11.4 Å². The molecule has 0 radical (unpaired) electrons. The summed E-state index contributed by atoms with van der Waals surface area (Å²) in [5, 5.41) is 3.40. The number of anilines is 2. The summed E-state index contributed by atoms with van der Waals surface area (Å²) < 4.78 is 6.46. The summed E-state index contributed by atoms with van der Waals surface area (Å²) in [5.74, 6) is 0.136. The van der Waals surface area contributed by atoms with Crippen LogP contribution in [0.1, 0.15) is 10.4 Å². The van der Waals surface area contributed by atoms with Gasteiger partial charge >= 0.3 is 0 Å². The normalized spacial score (nSPS) is 13.7. The van der Waals surface area contributed by atoms with Gasteiger partial charge in [0.15, 0.2) is 5.58 Å². The molecule has 0 aliphatic carbocycles. The summed E-state index contributed by atoms with van der Waals surface area (Å²) in [6, 6.07) is 22.8. The van der Waals surface area contributed by atoms with Crippen molar-refractivity contribution in [2.75, 3.05) is 42.1 Å². The Morgan fingerprint density at radius 3 is 2.40 bits per heavy atom. The van der Waals surface area contributed by atoms with Gasteiger partial charge in [-0.3, -0.25) is 9.59 Å². The highest BCUT2D eigenvalue weighted by atomic mass is 79.9. The van der Waals surface area contributed by atoms with E-state index in [2.05, 4.69) is 31.1 Å². The van der Waals surface area contributed by atoms with Crippen LogP contribution in [0, 0.1) is 0 Å². The number of thioether (sulfide) groups is 1. The maximum absolute atomic E-state index is 12.8. The number of benzene rings is 3. The number of nitrogens with one attached hydrogen (secondary N) is 1. The fourth-order valence-electron chi connectivity index (χ4n) is 3.97.